The predicted molar refractivity (Wildman–Crippen MR) is 80.3 cm³/mol. The Morgan fingerprint density at radius 3 is 3.00 bits per heavy atom. The van der Waals surface area contributed by atoms with Gasteiger partial charge < -0.3 is 4.42 Å². The number of nitrogens with zero attached hydrogens (tertiary/aromatic N) is 3. The Morgan fingerprint density at radius 2 is 2.24 bits per heavy atom. The summed E-state index contributed by atoms with van der Waals surface area (Å²) in [5.74, 6) is 0.333. The lowest BCUT2D eigenvalue weighted by Gasteiger charge is -1.95. The van der Waals surface area contributed by atoms with E-state index in [2.05, 4.69) is 25.9 Å². The number of hydrogen-bond donors (Lipinski definition) is 0. The number of halogens is 1. The zero-order chi connectivity index (χ0) is 14.8. The Bertz CT molecular complexity index is 855. The van der Waals surface area contributed by atoms with Crippen LogP contribution in [0.25, 0.3) is 17.5 Å². The molecule has 1 aromatic heterocycles. The van der Waals surface area contributed by atoms with Gasteiger partial charge in [0.15, 0.2) is 10.9 Å². The van der Waals surface area contributed by atoms with Gasteiger partial charge in [-0.05, 0) is 18.6 Å². The van der Waals surface area contributed by atoms with E-state index in [0.717, 1.165) is 5.70 Å². The second kappa shape index (κ2) is 5.61. The summed E-state index contributed by atoms with van der Waals surface area (Å²) in [7, 11) is 0. The third-order valence-electron chi connectivity index (χ3n) is 2.98. The number of benzene rings is 1. The fraction of sp³-hybridized carbons (Fsp3) is 0.143. The van der Waals surface area contributed by atoms with Crippen molar-refractivity contribution >= 4 is 27.7 Å². The second-order valence-corrected chi connectivity index (χ2v) is 4.96. The molecule has 0 unspecified atom stereocenters. The summed E-state index contributed by atoms with van der Waals surface area (Å²) in [4.78, 5) is 19.1. The Balaban J connectivity index is 2.11. The molecular weight excluding hydrogens is 338 g/mol. The quantitative estimate of drug-likeness (QED) is 0.484. The number of fused-ring (bicyclic) bond motifs is 1. The molecule has 7 heteroatoms. The SMILES string of the molecule is O=[N+]([O-])c1cccc(-c2nc3c(o2)=CCC=C(CBr)N=3)c1. The molecule has 0 saturated heterocycles. The van der Waals surface area contributed by atoms with Crippen molar-refractivity contribution in [2.24, 2.45) is 4.99 Å². The summed E-state index contributed by atoms with van der Waals surface area (Å²) in [6, 6.07) is 6.19. The van der Waals surface area contributed by atoms with Crippen LogP contribution in [0.5, 0.6) is 0 Å². The number of allylic oxidation sites excluding steroid dienone is 2. The monoisotopic (exact) mass is 347 g/mol. The highest BCUT2D eigenvalue weighted by molar-refractivity contribution is 9.09. The first kappa shape index (κ1) is 13.7. The first-order chi connectivity index (χ1) is 10.2. The van der Waals surface area contributed by atoms with Crippen LogP contribution in [-0.2, 0) is 0 Å². The van der Waals surface area contributed by atoms with Crippen LogP contribution in [0.3, 0.4) is 0 Å². The van der Waals surface area contributed by atoms with Gasteiger partial charge in [0.1, 0.15) is 0 Å². The third-order valence-corrected chi connectivity index (χ3v) is 3.56. The minimum absolute atomic E-state index is 0.00264. The molecule has 1 aliphatic heterocycles. The number of nitro benzene ring substituents is 1. The molecule has 0 atom stereocenters. The summed E-state index contributed by atoms with van der Waals surface area (Å²) in [6.07, 6.45) is 4.59. The van der Waals surface area contributed by atoms with Crippen molar-refractivity contribution in [1.29, 1.82) is 0 Å². The minimum atomic E-state index is -0.445. The molecule has 106 valence electrons. The largest absolute Gasteiger partial charge is 0.435 e. The van der Waals surface area contributed by atoms with Crippen molar-refractivity contribution in [3.05, 3.63) is 57.1 Å². The summed E-state index contributed by atoms with van der Waals surface area (Å²) in [5.41, 5.74) is 2.53. The minimum Gasteiger partial charge on any atom is -0.435 e. The fourth-order valence-corrected chi connectivity index (χ4v) is 2.34. The highest BCUT2D eigenvalue weighted by Gasteiger charge is 2.12. The molecule has 0 N–H and O–H groups in total. The average Bonchev–Trinajstić information content (AvgIpc) is 2.79. The number of rotatable bonds is 3. The highest BCUT2D eigenvalue weighted by atomic mass is 79.9. The normalized spacial score (nSPS) is 13.5. The van der Waals surface area contributed by atoms with Gasteiger partial charge in [-0.1, -0.05) is 28.1 Å². The zero-order valence-electron chi connectivity index (χ0n) is 10.8. The molecule has 1 aromatic carbocycles. The van der Waals surface area contributed by atoms with Crippen molar-refractivity contribution in [2.45, 2.75) is 6.42 Å². The lowest BCUT2D eigenvalue weighted by atomic mass is 10.2. The summed E-state index contributed by atoms with van der Waals surface area (Å²) in [6.45, 7) is 0. The Hall–Kier alpha value is -2.28. The summed E-state index contributed by atoms with van der Waals surface area (Å²) in [5, 5.41) is 11.5. The summed E-state index contributed by atoms with van der Waals surface area (Å²) >= 11 is 3.37. The van der Waals surface area contributed by atoms with Crippen LogP contribution < -0.4 is 10.9 Å². The third kappa shape index (κ3) is 2.78. The number of oxazole rings is 1. The van der Waals surface area contributed by atoms with E-state index in [-0.39, 0.29) is 5.69 Å². The van der Waals surface area contributed by atoms with Crippen LogP contribution in [0.2, 0.25) is 0 Å². The molecule has 0 saturated carbocycles. The number of non-ortho nitro benzene ring substituents is 1. The predicted octanol–water partition coefficient (Wildman–Crippen LogP) is 2.33. The molecule has 6 nitrogen and oxygen atoms in total. The van der Waals surface area contributed by atoms with E-state index in [9.17, 15) is 10.1 Å². The lowest BCUT2D eigenvalue weighted by molar-refractivity contribution is -0.384. The maximum atomic E-state index is 10.8. The molecular formula is C14H10BrN3O3. The van der Waals surface area contributed by atoms with Gasteiger partial charge in [-0.2, -0.15) is 4.98 Å². The molecule has 2 aromatic rings. The van der Waals surface area contributed by atoms with Crippen molar-refractivity contribution in [3.8, 4) is 11.5 Å². The lowest BCUT2D eigenvalue weighted by Crippen LogP contribution is -2.21. The molecule has 3 rings (SSSR count). The van der Waals surface area contributed by atoms with Crippen LogP contribution in [-0.4, -0.2) is 15.2 Å². The van der Waals surface area contributed by atoms with Gasteiger partial charge in [-0.15, -0.1) is 0 Å². The van der Waals surface area contributed by atoms with Crippen molar-refractivity contribution in [1.82, 2.24) is 4.98 Å². The first-order valence-electron chi connectivity index (χ1n) is 6.23. The van der Waals surface area contributed by atoms with Crippen LogP contribution in [0.1, 0.15) is 6.42 Å². The van der Waals surface area contributed by atoms with E-state index in [1.54, 1.807) is 12.1 Å². The van der Waals surface area contributed by atoms with Crippen LogP contribution in [0.4, 0.5) is 5.69 Å². The second-order valence-electron chi connectivity index (χ2n) is 4.40. The molecule has 0 fully saturated rings. The molecule has 2 heterocycles. The van der Waals surface area contributed by atoms with Crippen molar-refractivity contribution in [3.63, 3.8) is 0 Å². The van der Waals surface area contributed by atoms with E-state index in [1.165, 1.54) is 12.1 Å². The molecule has 1 aliphatic rings. The molecule has 21 heavy (non-hydrogen) atoms. The van der Waals surface area contributed by atoms with Gasteiger partial charge >= 0.3 is 0 Å². The molecule has 0 aliphatic carbocycles. The topological polar surface area (TPSA) is 81.5 Å². The van der Waals surface area contributed by atoms with Crippen molar-refractivity contribution < 1.29 is 9.34 Å². The van der Waals surface area contributed by atoms with Crippen LogP contribution in [0.15, 0.2) is 45.4 Å². The molecule has 0 spiro atoms. The van der Waals surface area contributed by atoms with Gasteiger partial charge in [0, 0.05) is 28.7 Å². The van der Waals surface area contributed by atoms with Gasteiger partial charge in [0.05, 0.1) is 4.92 Å². The maximum Gasteiger partial charge on any atom is 0.270 e. The molecule has 0 radical (unpaired) electrons. The highest BCUT2D eigenvalue weighted by Crippen LogP contribution is 2.20. The molecule has 0 amide bonds. The Morgan fingerprint density at radius 1 is 1.38 bits per heavy atom. The van der Waals surface area contributed by atoms with Crippen LogP contribution >= 0.6 is 15.9 Å². The number of aromatic nitrogens is 1. The first-order valence-corrected chi connectivity index (χ1v) is 7.35. The van der Waals surface area contributed by atoms with E-state index in [4.69, 9.17) is 4.42 Å². The van der Waals surface area contributed by atoms with E-state index in [1.807, 2.05) is 12.2 Å². The van der Waals surface area contributed by atoms with Gasteiger partial charge in [0.25, 0.3) is 5.69 Å². The smallest absolute Gasteiger partial charge is 0.270 e. The Kier molecular flexibility index (Phi) is 3.66. The average molecular weight is 348 g/mol. The molecule has 0 bridgehead atoms. The van der Waals surface area contributed by atoms with Gasteiger partial charge in [-0.25, -0.2) is 4.99 Å². The fourth-order valence-electron chi connectivity index (χ4n) is 1.98. The van der Waals surface area contributed by atoms with Gasteiger partial charge in [-0.3, -0.25) is 10.1 Å². The van der Waals surface area contributed by atoms with Gasteiger partial charge in [0.2, 0.25) is 5.89 Å². The van der Waals surface area contributed by atoms with E-state index < -0.39 is 4.92 Å². The zero-order valence-corrected chi connectivity index (χ0v) is 12.4. The number of alkyl halides is 1. The van der Waals surface area contributed by atoms with Crippen LogP contribution in [0, 0.1) is 10.1 Å². The number of nitro groups is 1. The van der Waals surface area contributed by atoms with E-state index >= 15 is 0 Å². The Labute approximate surface area is 127 Å². The maximum absolute atomic E-state index is 10.8. The standard InChI is InChI=1S/C14H10BrN3O3/c15-8-10-4-2-6-12-13(16-10)17-14(21-12)9-3-1-5-11(7-9)18(19)20/h1,3-7H,2,8H2. The van der Waals surface area contributed by atoms with E-state index in [0.29, 0.717) is 34.1 Å². The summed E-state index contributed by atoms with van der Waals surface area (Å²) < 4.78 is 5.67. The van der Waals surface area contributed by atoms with Crippen molar-refractivity contribution in [2.75, 3.05) is 5.33 Å². The number of hydrogen-bond acceptors (Lipinski definition) is 5.